The van der Waals surface area contributed by atoms with Crippen LogP contribution in [-0.4, -0.2) is 25.7 Å². The van der Waals surface area contributed by atoms with E-state index in [1.165, 1.54) is 24.3 Å². The van der Waals surface area contributed by atoms with Crippen LogP contribution in [0.5, 0.6) is 11.5 Å². The van der Waals surface area contributed by atoms with Gasteiger partial charge in [0.05, 0.1) is 7.11 Å². The molecule has 0 fully saturated rings. The van der Waals surface area contributed by atoms with E-state index >= 15 is 0 Å². The van der Waals surface area contributed by atoms with E-state index < -0.39 is 6.61 Å². The van der Waals surface area contributed by atoms with E-state index in [0.29, 0.717) is 18.7 Å². The summed E-state index contributed by atoms with van der Waals surface area (Å²) in [5.74, 6) is 0.252. The van der Waals surface area contributed by atoms with Gasteiger partial charge in [-0.15, -0.1) is 0 Å². The van der Waals surface area contributed by atoms with Gasteiger partial charge in [0.1, 0.15) is 5.58 Å². The summed E-state index contributed by atoms with van der Waals surface area (Å²) < 4.78 is 40.1. The lowest BCUT2D eigenvalue weighted by Crippen LogP contribution is -2.18. The molecule has 7 heteroatoms. The van der Waals surface area contributed by atoms with Crippen LogP contribution in [0.25, 0.3) is 11.0 Å². The van der Waals surface area contributed by atoms with E-state index in [4.69, 9.17) is 9.15 Å². The van der Waals surface area contributed by atoms with Gasteiger partial charge in [-0.2, -0.15) is 8.78 Å². The van der Waals surface area contributed by atoms with Crippen LogP contribution in [0.1, 0.15) is 28.7 Å². The second-order valence-corrected chi connectivity index (χ2v) is 7.60. The Morgan fingerprint density at radius 1 is 1.07 bits per heavy atom. The van der Waals surface area contributed by atoms with Gasteiger partial charge in [0, 0.05) is 24.5 Å². The molecule has 1 heterocycles. The molecule has 1 aliphatic carbocycles. The van der Waals surface area contributed by atoms with Gasteiger partial charge in [-0.05, 0) is 72.8 Å². The Kier molecular flexibility index (Phi) is 5.72. The van der Waals surface area contributed by atoms with Gasteiger partial charge in [0.2, 0.25) is 0 Å². The number of aryl methyl sites for hydroxylation is 2. The molecule has 3 aromatic rings. The van der Waals surface area contributed by atoms with Crippen molar-refractivity contribution < 1.29 is 22.7 Å². The monoisotopic (exact) mass is 415 g/mol. The van der Waals surface area contributed by atoms with Crippen LogP contribution in [0.4, 0.5) is 8.78 Å². The first-order valence-electron chi connectivity index (χ1n) is 9.81. The first-order valence-corrected chi connectivity index (χ1v) is 9.81. The van der Waals surface area contributed by atoms with Crippen molar-refractivity contribution in [3.05, 3.63) is 69.1 Å². The Balaban J connectivity index is 1.56. The Hall–Kier alpha value is -2.93. The smallest absolute Gasteiger partial charge is 0.387 e. The summed E-state index contributed by atoms with van der Waals surface area (Å²) in [5.41, 5.74) is 4.63. The Morgan fingerprint density at radius 2 is 1.83 bits per heavy atom. The second kappa shape index (κ2) is 8.44. The van der Waals surface area contributed by atoms with Crippen LogP contribution in [0.2, 0.25) is 0 Å². The van der Waals surface area contributed by atoms with Crippen molar-refractivity contribution in [2.24, 2.45) is 0 Å². The zero-order valence-corrected chi connectivity index (χ0v) is 16.9. The summed E-state index contributed by atoms with van der Waals surface area (Å²) >= 11 is 0. The third-order valence-corrected chi connectivity index (χ3v) is 5.38. The average Bonchev–Trinajstić information content (AvgIpc) is 3.14. The van der Waals surface area contributed by atoms with E-state index in [1.807, 2.05) is 18.0 Å². The Morgan fingerprint density at radius 3 is 2.57 bits per heavy atom. The summed E-state index contributed by atoms with van der Waals surface area (Å²) in [6.07, 6.45) is 3.19. The van der Waals surface area contributed by atoms with Crippen molar-refractivity contribution in [2.45, 2.75) is 39.0 Å². The van der Waals surface area contributed by atoms with Crippen molar-refractivity contribution in [3.8, 4) is 11.5 Å². The van der Waals surface area contributed by atoms with Gasteiger partial charge >= 0.3 is 12.2 Å². The molecule has 2 aromatic carbocycles. The number of hydrogen-bond donors (Lipinski definition) is 0. The molecule has 0 unspecified atom stereocenters. The maximum absolute atomic E-state index is 12.5. The lowest BCUT2D eigenvalue weighted by molar-refractivity contribution is -0.0512. The molecule has 0 aliphatic heterocycles. The number of nitrogens with zero attached hydrogens (tertiary/aromatic N) is 1. The molecule has 0 saturated heterocycles. The van der Waals surface area contributed by atoms with E-state index in [-0.39, 0.29) is 17.1 Å². The zero-order valence-electron chi connectivity index (χ0n) is 16.9. The van der Waals surface area contributed by atoms with Gasteiger partial charge in [0.15, 0.2) is 11.5 Å². The lowest BCUT2D eigenvalue weighted by Gasteiger charge is -2.19. The van der Waals surface area contributed by atoms with E-state index in [0.717, 1.165) is 35.8 Å². The van der Waals surface area contributed by atoms with Crippen LogP contribution in [-0.2, 0) is 25.9 Å². The number of halogens is 2. The molecule has 0 spiro atoms. The number of alkyl halides is 2. The van der Waals surface area contributed by atoms with Crippen molar-refractivity contribution in [3.63, 3.8) is 0 Å². The number of hydrogen-bond acceptors (Lipinski definition) is 5. The molecule has 1 aromatic heterocycles. The molecule has 0 radical (unpaired) electrons. The molecule has 0 amide bonds. The Labute approximate surface area is 172 Å². The standard InChI is InChI=1S/C23H23F2NO4/c1-26(12-14-6-7-19(30-23(24)25)21(8-14)28-2)13-17-11-22(27)29-20-10-16-5-3-4-15(16)9-18(17)20/h6-11,23H,3-5,12-13H2,1-2H3. The minimum Gasteiger partial charge on any atom is -0.493 e. The molecular formula is C23H23F2NO4. The van der Waals surface area contributed by atoms with Crippen LogP contribution < -0.4 is 15.1 Å². The number of fused-ring (bicyclic) bond motifs is 2. The highest BCUT2D eigenvalue weighted by Crippen LogP contribution is 2.31. The predicted octanol–water partition coefficient (Wildman–Crippen LogP) is 4.52. The number of methoxy groups -OCH3 is 1. The van der Waals surface area contributed by atoms with E-state index in [9.17, 15) is 13.6 Å². The van der Waals surface area contributed by atoms with Gasteiger partial charge in [0.25, 0.3) is 0 Å². The first kappa shape index (κ1) is 20.3. The molecule has 4 rings (SSSR count). The minimum absolute atomic E-state index is 0.000537. The summed E-state index contributed by atoms with van der Waals surface area (Å²) in [6, 6.07) is 10.6. The number of ether oxygens (including phenoxy) is 2. The molecule has 0 bridgehead atoms. The van der Waals surface area contributed by atoms with Gasteiger partial charge in [-0.3, -0.25) is 4.90 Å². The van der Waals surface area contributed by atoms with Crippen LogP contribution in [0.15, 0.2) is 45.6 Å². The molecule has 0 atom stereocenters. The van der Waals surface area contributed by atoms with Crippen molar-refractivity contribution >= 4 is 11.0 Å². The number of benzene rings is 2. The summed E-state index contributed by atoms with van der Waals surface area (Å²) in [4.78, 5) is 14.1. The van der Waals surface area contributed by atoms with Crippen LogP contribution >= 0.6 is 0 Å². The largest absolute Gasteiger partial charge is 0.493 e. The van der Waals surface area contributed by atoms with Gasteiger partial charge in [-0.25, -0.2) is 4.79 Å². The highest BCUT2D eigenvalue weighted by Gasteiger charge is 2.16. The van der Waals surface area contributed by atoms with Crippen molar-refractivity contribution in [1.29, 1.82) is 0 Å². The topological polar surface area (TPSA) is 51.9 Å². The zero-order chi connectivity index (χ0) is 21.3. The fourth-order valence-corrected chi connectivity index (χ4v) is 4.09. The maximum atomic E-state index is 12.5. The van der Waals surface area contributed by atoms with E-state index in [1.54, 1.807) is 18.2 Å². The maximum Gasteiger partial charge on any atom is 0.387 e. The molecule has 30 heavy (non-hydrogen) atoms. The fourth-order valence-electron chi connectivity index (χ4n) is 4.09. The molecule has 5 nitrogen and oxygen atoms in total. The normalized spacial score (nSPS) is 13.3. The second-order valence-electron chi connectivity index (χ2n) is 7.60. The average molecular weight is 415 g/mol. The summed E-state index contributed by atoms with van der Waals surface area (Å²) in [7, 11) is 3.35. The highest BCUT2D eigenvalue weighted by molar-refractivity contribution is 5.82. The Bertz CT molecular complexity index is 1130. The lowest BCUT2D eigenvalue weighted by atomic mass is 10.0. The van der Waals surface area contributed by atoms with Crippen LogP contribution in [0.3, 0.4) is 0 Å². The van der Waals surface area contributed by atoms with E-state index in [2.05, 4.69) is 10.8 Å². The molecule has 1 aliphatic rings. The molecule has 0 N–H and O–H groups in total. The summed E-state index contributed by atoms with van der Waals surface area (Å²) in [5, 5.41) is 0.959. The third-order valence-electron chi connectivity index (χ3n) is 5.38. The first-order chi connectivity index (χ1) is 14.4. The van der Waals surface area contributed by atoms with Crippen molar-refractivity contribution in [2.75, 3.05) is 14.2 Å². The van der Waals surface area contributed by atoms with Gasteiger partial charge < -0.3 is 13.9 Å². The highest BCUT2D eigenvalue weighted by atomic mass is 19.3. The molecular weight excluding hydrogens is 392 g/mol. The van der Waals surface area contributed by atoms with Gasteiger partial charge in [-0.1, -0.05) is 6.07 Å². The molecule has 0 saturated carbocycles. The quantitative estimate of drug-likeness (QED) is 0.531. The fraction of sp³-hybridized carbons (Fsp3) is 0.348. The SMILES string of the molecule is COc1cc(CN(C)Cc2cc(=O)oc3cc4c(cc23)CCC4)ccc1OC(F)F. The number of rotatable bonds is 7. The predicted molar refractivity (Wildman–Crippen MR) is 109 cm³/mol. The van der Waals surface area contributed by atoms with Crippen LogP contribution in [0, 0.1) is 0 Å². The summed E-state index contributed by atoms with van der Waals surface area (Å²) in [6.45, 7) is -1.83. The minimum atomic E-state index is -2.91. The molecule has 158 valence electrons. The van der Waals surface area contributed by atoms with Crippen molar-refractivity contribution in [1.82, 2.24) is 4.90 Å². The third kappa shape index (κ3) is 4.31.